The Morgan fingerprint density at radius 1 is 1.55 bits per heavy atom. The number of carbonyl (C=O) groups is 2. The molecule has 1 fully saturated rings. The van der Waals surface area contributed by atoms with Gasteiger partial charge >= 0.3 is 6.09 Å². The van der Waals surface area contributed by atoms with Crippen LogP contribution < -0.4 is 0 Å². The molecule has 104 valence electrons. The highest BCUT2D eigenvalue weighted by Crippen LogP contribution is 2.31. The number of imide groups is 1. The van der Waals surface area contributed by atoms with E-state index in [9.17, 15) is 9.59 Å². The highest BCUT2D eigenvalue weighted by molar-refractivity contribution is 8.01. The largest absolute Gasteiger partial charge is 0.447 e. The van der Waals surface area contributed by atoms with E-state index in [0.29, 0.717) is 11.6 Å². The van der Waals surface area contributed by atoms with Crippen molar-refractivity contribution in [3.63, 3.8) is 0 Å². The smallest absolute Gasteiger partial charge is 0.416 e. The van der Waals surface area contributed by atoms with Gasteiger partial charge in [-0.2, -0.15) is 0 Å². The van der Waals surface area contributed by atoms with E-state index in [4.69, 9.17) is 16.3 Å². The van der Waals surface area contributed by atoms with Crippen LogP contribution in [0.25, 0.3) is 10.2 Å². The fourth-order valence-electron chi connectivity index (χ4n) is 1.76. The van der Waals surface area contributed by atoms with Gasteiger partial charge in [0.1, 0.15) is 6.61 Å². The van der Waals surface area contributed by atoms with E-state index >= 15 is 0 Å². The number of fused-ring (bicyclic) bond motifs is 1. The molecule has 0 spiro atoms. The fourth-order valence-corrected chi connectivity index (χ4v) is 3.85. The second-order valence-electron chi connectivity index (χ2n) is 4.04. The number of thioether (sulfide) groups is 1. The second-order valence-corrected chi connectivity index (χ2v) is 6.73. The summed E-state index contributed by atoms with van der Waals surface area (Å²) in [6, 6.07) is 5.50. The molecule has 1 aliphatic rings. The number of ether oxygens (including phenoxy) is 1. The van der Waals surface area contributed by atoms with Crippen molar-refractivity contribution >= 4 is 56.9 Å². The first kappa shape index (κ1) is 13.7. The molecule has 0 saturated carbocycles. The van der Waals surface area contributed by atoms with Crippen molar-refractivity contribution in [2.24, 2.45) is 0 Å². The Kier molecular flexibility index (Phi) is 3.82. The lowest BCUT2D eigenvalue weighted by molar-refractivity contribution is -0.124. The van der Waals surface area contributed by atoms with Crippen LogP contribution in [0, 0.1) is 0 Å². The number of hydrogen-bond donors (Lipinski definition) is 0. The van der Waals surface area contributed by atoms with E-state index in [1.807, 2.05) is 12.1 Å². The van der Waals surface area contributed by atoms with Crippen LogP contribution in [0.5, 0.6) is 0 Å². The van der Waals surface area contributed by atoms with Gasteiger partial charge in [-0.1, -0.05) is 23.4 Å². The van der Waals surface area contributed by atoms with Gasteiger partial charge in [0.2, 0.25) is 5.91 Å². The maximum absolute atomic E-state index is 11.9. The predicted octanol–water partition coefficient (Wildman–Crippen LogP) is 3.02. The Balaban J connectivity index is 1.67. The van der Waals surface area contributed by atoms with Crippen molar-refractivity contribution in [2.75, 3.05) is 18.9 Å². The molecule has 1 saturated heterocycles. The number of thiazole rings is 1. The quantitative estimate of drug-likeness (QED) is 0.811. The summed E-state index contributed by atoms with van der Waals surface area (Å²) < 4.78 is 6.53. The van der Waals surface area contributed by atoms with Gasteiger partial charge in [0.05, 0.1) is 22.5 Å². The molecule has 1 aromatic heterocycles. The number of cyclic esters (lactones) is 1. The molecule has 2 heterocycles. The van der Waals surface area contributed by atoms with Gasteiger partial charge in [-0.3, -0.25) is 4.79 Å². The van der Waals surface area contributed by atoms with Gasteiger partial charge in [0, 0.05) is 5.02 Å². The monoisotopic (exact) mass is 328 g/mol. The number of carbonyl (C=O) groups excluding carboxylic acids is 2. The molecular formula is C12H9ClN2O3S2. The summed E-state index contributed by atoms with van der Waals surface area (Å²) in [4.78, 5) is 28.6. The minimum absolute atomic E-state index is 0.169. The van der Waals surface area contributed by atoms with E-state index < -0.39 is 6.09 Å². The van der Waals surface area contributed by atoms with Gasteiger partial charge in [0.15, 0.2) is 4.34 Å². The first-order valence-corrected chi connectivity index (χ1v) is 7.97. The molecule has 20 heavy (non-hydrogen) atoms. The number of aromatic nitrogens is 1. The zero-order valence-corrected chi connectivity index (χ0v) is 12.6. The third-order valence-corrected chi connectivity index (χ3v) is 5.11. The Morgan fingerprint density at radius 3 is 3.15 bits per heavy atom. The van der Waals surface area contributed by atoms with Gasteiger partial charge in [-0.25, -0.2) is 14.7 Å². The van der Waals surface area contributed by atoms with Gasteiger partial charge in [-0.15, -0.1) is 11.3 Å². The number of amides is 2. The molecule has 3 rings (SSSR count). The van der Waals surface area contributed by atoms with E-state index in [0.717, 1.165) is 19.5 Å². The molecule has 5 nitrogen and oxygen atoms in total. The van der Waals surface area contributed by atoms with Crippen LogP contribution in [0.1, 0.15) is 0 Å². The van der Waals surface area contributed by atoms with Crippen LogP contribution >= 0.6 is 34.7 Å². The van der Waals surface area contributed by atoms with Crippen LogP contribution in [0.3, 0.4) is 0 Å². The predicted molar refractivity (Wildman–Crippen MR) is 78.4 cm³/mol. The molecular weight excluding hydrogens is 320 g/mol. The number of hydrogen-bond acceptors (Lipinski definition) is 6. The highest BCUT2D eigenvalue weighted by Gasteiger charge is 2.28. The highest BCUT2D eigenvalue weighted by atomic mass is 35.5. The lowest BCUT2D eigenvalue weighted by Gasteiger charge is -2.08. The van der Waals surface area contributed by atoms with E-state index in [2.05, 4.69) is 4.98 Å². The van der Waals surface area contributed by atoms with Crippen molar-refractivity contribution in [3.8, 4) is 0 Å². The van der Waals surface area contributed by atoms with Crippen molar-refractivity contribution in [3.05, 3.63) is 23.2 Å². The van der Waals surface area contributed by atoms with Gasteiger partial charge in [0.25, 0.3) is 0 Å². The number of nitrogens with zero attached hydrogens (tertiary/aromatic N) is 2. The molecule has 0 aliphatic carbocycles. The third-order valence-electron chi connectivity index (χ3n) is 2.71. The maximum Gasteiger partial charge on any atom is 0.416 e. The summed E-state index contributed by atoms with van der Waals surface area (Å²) >= 11 is 8.72. The summed E-state index contributed by atoms with van der Waals surface area (Å²) in [5.41, 5.74) is 0.818. The zero-order valence-electron chi connectivity index (χ0n) is 10.2. The SMILES string of the molecule is O=C(CSc1nc2cc(Cl)ccc2s1)N1CCOC1=O. The Morgan fingerprint density at radius 2 is 2.40 bits per heavy atom. The van der Waals surface area contributed by atoms with Crippen molar-refractivity contribution < 1.29 is 14.3 Å². The maximum atomic E-state index is 11.9. The van der Waals surface area contributed by atoms with Crippen LogP contribution in [0.4, 0.5) is 4.79 Å². The summed E-state index contributed by atoms with van der Waals surface area (Å²) in [7, 11) is 0. The lowest BCUT2D eigenvalue weighted by Crippen LogP contribution is -2.32. The molecule has 0 bridgehead atoms. The summed E-state index contributed by atoms with van der Waals surface area (Å²) in [5.74, 6) is -0.0855. The molecule has 0 radical (unpaired) electrons. The zero-order chi connectivity index (χ0) is 14.1. The summed E-state index contributed by atoms with van der Waals surface area (Å²) in [6.07, 6.45) is -0.563. The van der Waals surface area contributed by atoms with E-state index in [-0.39, 0.29) is 18.3 Å². The van der Waals surface area contributed by atoms with Crippen LogP contribution in [0.15, 0.2) is 22.5 Å². The molecule has 1 aromatic carbocycles. The standard InChI is InChI=1S/C12H9ClN2O3S2/c13-7-1-2-9-8(5-7)14-11(20-9)19-6-10(16)15-3-4-18-12(15)17/h1-2,5H,3-4,6H2. The molecule has 0 atom stereocenters. The Labute approximate surface area is 127 Å². The molecule has 1 aliphatic heterocycles. The molecule has 2 amide bonds. The van der Waals surface area contributed by atoms with Crippen LogP contribution in [-0.4, -0.2) is 40.8 Å². The molecule has 2 aromatic rings. The van der Waals surface area contributed by atoms with E-state index in [1.54, 1.807) is 6.07 Å². The molecule has 8 heteroatoms. The van der Waals surface area contributed by atoms with Gasteiger partial charge in [-0.05, 0) is 18.2 Å². The fraction of sp³-hybridized carbons (Fsp3) is 0.250. The number of halogens is 1. The second kappa shape index (κ2) is 5.59. The third kappa shape index (κ3) is 2.74. The number of rotatable bonds is 3. The van der Waals surface area contributed by atoms with Crippen LogP contribution in [0.2, 0.25) is 5.02 Å². The van der Waals surface area contributed by atoms with Crippen molar-refractivity contribution in [2.45, 2.75) is 4.34 Å². The van der Waals surface area contributed by atoms with E-state index in [1.165, 1.54) is 23.1 Å². The Hall–Kier alpha value is -1.31. The summed E-state index contributed by atoms with van der Waals surface area (Å²) in [6.45, 7) is 0.600. The van der Waals surface area contributed by atoms with Crippen molar-refractivity contribution in [1.82, 2.24) is 9.88 Å². The average Bonchev–Trinajstić information content (AvgIpc) is 3.01. The molecule has 0 N–H and O–H groups in total. The minimum atomic E-state index is -0.563. The van der Waals surface area contributed by atoms with Gasteiger partial charge < -0.3 is 4.74 Å². The van der Waals surface area contributed by atoms with Crippen LogP contribution in [-0.2, 0) is 9.53 Å². The van der Waals surface area contributed by atoms with Crippen molar-refractivity contribution in [1.29, 1.82) is 0 Å². The first-order chi connectivity index (χ1) is 9.63. The Bertz CT molecular complexity index is 688. The number of benzene rings is 1. The summed E-state index contributed by atoms with van der Waals surface area (Å²) in [5, 5.41) is 0.634. The minimum Gasteiger partial charge on any atom is -0.447 e. The average molecular weight is 329 g/mol. The molecule has 0 unspecified atom stereocenters. The first-order valence-electron chi connectivity index (χ1n) is 5.79. The topological polar surface area (TPSA) is 59.5 Å². The lowest BCUT2D eigenvalue weighted by atomic mass is 10.3. The normalized spacial score (nSPS) is 14.8.